The molecule has 0 N–H and O–H groups in total. The van der Waals surface area contributed by atoms with Gasteiger partial charge >= 0.3 is 152 Å². The number of aromatic nitrogens is 1. The van der Waals surface area contributed by atoms with Crippen LogP contribution in [0.3, 0.4) is 0 Å². The van der Waals surface area contributed by atoms with E-state index in [1.807, 2.05) is 0 Å². The fourth-order valence-corrected chi connectivity index (χ4v) is 3.53. The molecule has 0 radical (unpaired) electrons. The molecule has 0 atom stereocenters. The summed E-state index contributed by atoms with van der Waals surface area (Å²) in [6, 6.07) is 0. The minimum atomic E-state index is 1.19. The molecular weight excluding hydrogens is 289 g/mol. The number of hydrogen-bond acceptors (Lipinski definition) is 1. The first-order chi connectivity index (χ1) is 11.8. The van der Waals surface area contributed by atoms with Gasteiger partial charge in [0, 0.05) is 0 Å². The van der Waals surface area contributed by atoms with Gasteiger partial charge in [-0.1, -0.05) is 0 Å². The minimum absolute atomic E-state index is 1.19. The van der Waals surface area contributed by atoms with Gasteiger partial charge in [0.1, 0.15) is 0 Å². The predicted molar refractivity (Wildman–Crippen MR) is 109 cm³/mol. The molecule has 0 aromatic carbocycles. The third-order valence-corrected chi connectivity index (χ3v) is 5.09. The van der Waals surface area contributed by atoms with Crippen LogP contribution in [0.4, 0.5) is 0 Å². The second kappa shape index (κ2) is 14.7. The normalized spacial score (nSPS) is 11.0. The Hall–Kier alpha value is -0.655. The molecule has 0 saturated carbocycles. The van der Waals surface area contributed by atoms with Gasteiger partial charge in [-0.05, 0) is 0 Å². The zero-order chi connectivity index (χ0) is 17.5. The molecule has 1 rings (SSSR count). The summed E-state index contributed by atoms with van der Waals surface area (Å²) in [5.41, 5.74) is 4.63. The van der Waals surface area contributed by atoms with E-state index in [4.69, 9.17) is 4.89 Å². The Kier molecular flexibility index (Phi) is 13.1. The van der Waals surface area contributed by atoms with Crippen molar-refractivity contribution in [2.45, 2.75) is 117 Å². The second-order valence-electron chi connectivity index (χ2n) is 7.33. The monoisotopic (exact) mass is 329 g/mol. The number of rotatable bonds is 15. The van der Waals surface area contributed by atoms with Crippen LogP contribution in [0, 0.1) is 0 Å². The molecule has 0 aliphatic rings. The van der Waals surface area contributed by atoms with Gasteiger partial charge in [0.05, 0.1) is 0 Å². The standard InChI is InChI=1S/C22H40BN/c1-4-7-10-13-16-20-19-23-24-22(18-15-12-9-6-3)21(20)17-14-11-8-5-2/h19H,4-18H2,1-3H3. The molecule has 1 heterocycles. The van der Waals surface area contributed by atoms with Crippen molar-refractivity contribution in [3.63, 3.8) is 0 Å². The van der Waals surface area contributed by atoms with Gasteiger partial charge in [-0.2, -0.15) is 0 Å². The average Bonchev–Trinajstić information content (AvgIpc) is 2.60. The Morgan fingerprint density at radius 3 is 1.79 bits per heavy atom. The number of aryl methyl sites for hydroxylation is 2. The Bertz CT molecular complexity index is 386. The van der Waals surface area contributed by atoms with Crippen LogP contribution in [0.2, 0.25) is 0 Å². The molecule has 1 aromatic heterocycles. The Labute approximate surface area is 152 Å². The quantitative estimate of drug-likeness (QED) is 0.323. The van der Waals surface area contributed by atoms with Gasteiger partial charge in [-0.25, -0.2) is 0 Å². The molecule has 1 nitrogen and oxygen atoms in total. The summed E-state index contributed by atoms with van der Waals surface area (Å²) in [5.74, 6) is 2.30. The number of unbranched alkanes of at least 4 members (excludes halogenated alkanes) is 9. The second-order valence-corrected chi connectivity index (χ2v) is 7.33. The fourth-order valence-electron chi connectivity index (χ4n) is 3.53. The van der Waals surface area contributed by atoms with Crippen LogP contribution in [0.1, 0.15) is 115 Å². The average molecular weight is 329 g/mol. The summed E-state index contributed by atoms with van der Waals surface area (Å²) >= 11 is 0. The number of hydrogen-bond donors (Lipinski definition) is 0. The Morgan fingerprint density at radius 2 is 1.21 bits per heavy atom. The molecule has 1 aromatic rings. The Balaban J connectivity index is 2.67. The van der Waals surface area contributed by atoms with Crippen LogP contribution < -0.4 is 0 Å². The van der Waals surface area contributed by atoms with E-state index in [2.05, 4.69) is 33.8 Å². The predicted octanol–water partition coefficient (Wildman–Crippen LogP) is 6.79. The van der Waals surface area contributed by atoms with E-state index >= 15 is 0 Å². The van der Waals surface area contributed by atoms with Crippen molar-refractivity contribution in [2.75, 3.05) is 0 Å². The van der Waals surface area contributed by atoms with Gasteiger partial charge in [0.15, 0.2) is 0 Å². The van der Waals surface area contributed by atoms with Gasteiger partial charge in [-0.15, -0.1) is 0 Å². The molecule has 136 valence electrons. The molecule has 0 fully saturated rings. The summed E-state index contributed by atoms with van der Waals surface area (Å²) in [6.45, 7) is 6.87. The maximum atomic E-state index is 4.78. The van der Waals surface area contributed by atoms with E-state index in [-0.39, 0.29) is 0 Å². The molecule has 0 saturated heterocycles. The molecule has 2 heteroatoms. The molecule has 0 aliphatic carbocycles. The van der Waals surface area contributed by atoms with Crippen molar-refractivity contribution in [3.8, 4) is 0 Å². The van der Waals surface area contributed by atoms with Gasteiger partial charge in [-0.3, -0.25) is 0 Å². The van der Waals surface area contributed by atoms with Crippen molar-refractivity contribution in [2.24, 2.45) is 0 Å². The first kappa shape index (κ1) is 21.4. The zero-order valence-electron chi connectivity index (χ0n) is 16.7. The van der Waals surface area contributed by atoms with Crippen LogP contribution in [-0.2, 0) is 19.3 Å². The molecule has 24 heavy (non-hydrogen) atoms. The molecule has 0 spiro atoms. The summed E-state index contributed by atoms with van der Waals surface area (Å²) in [6.07, 6.45) is 19.9. The molecule has 0 aliphatic heterocycles. The summed E-state index contributed by atoms with van der Waals surface area (Å²) in [7, 11) is 2.07. The van der Waals surface area contributed by atoms with E-state index in [0.29, 0.717) is 0 Å². The van der Waals surface area contributed by atoms with E-state index in [9.17, 15) is 0 Å². The van der Waals surface area contributed by atoms with E-state index in [0.717, 1.165) is 0 Å². The topological polar surface area (TPSA) is 12.9 Å². The Morgan fingerprint density at radius 1 is 0.667 bits per heavy atom. The fraction of sp³-hybridized carbons (Fsp3) is 0.818. The summed E-state index contributed by atoms with van der Waals surface area (Å²) in [4.78, 5) is 4.78. The van der Waals surface area contributed by atoms with Gasteiger partial charge < -0.3 is 0 Å². The molecule has 0 bridgehead atoms. The van der Waals surface area contributed by atoms with Crippen molar-refractivity contribution in [1.82, 2.24) is 4.89 Å². The molecular formula is C22H40BN. The number of nitrogens with zero attached hydrogens (tertiary/aromatic N) is 1. The summed E-state index contributed by atoms with van der Waals surface area (Å²) < 4.78 is 0. The maximum absolute atomic E-state index is 4.78. The third kappa shape index (κ3) is 8.99. The van der Waals surface area contributed by atoms with Crippen LogP contribution in [0.25, 0.3) is 0 Å². The first-order valence-corrected chi connectivity index (χ1v) is 10.8. The van der Waals surface area contributed by atoms with Crippen LogP contribution in [0.5, 0.6) is 0 Å². The molecule has 0 amide bonds. The zero-order valence-corrected chi connectivity index (χ0v) is 16.7. The van der Waals surface area contributed by atoms with Crippen molar-refractivity contribution >= 4 is 7.05 Å². The van der Waals surface area contributed by atoms with Gasteiger partial charge in [0.2, 0.25) is 0 Å². The van der Waals surface area contributed by atoms with Crippen LogP contribution in [-0.4, -0.2) is 11.9 Å². The van der Waals surface area contributed by atoms with Crippen molar-refractivity contribution < 1.29 is 0 Å². The third-order valence-electron chi connectivity index (χ3n) is 5.09. The van der Waals surface area contributed by atoms with Crippen molar-refractivity contribution in [1.29, 1.82) is 0 Å². The van der Waals surface area contributed by atoms with E-state index < -0.39 is 0 Å². The van der Waals surface area contributed by atoms with Crippen LogP contribution >= 0.6 is 0 Å². The van der Waals surface area contributed by atoms with E-state index in [1.54, 1.807) is 11.1 Å². The van der Waals surface area contributed by atoms with E-state index in [1.165, 1.54) is 102 Å². The summed E-state index contributed by atoms with van der Waals surface area (Å²) in [5, 5.41) is 0. The van der Waals surface area contributed by atoms with Crippen LogP contribution in [0.15, 0.2) is 5.96 Å². The molecule has 0 unspecified atom stereocenters. The SMILES string of the molecule is CCCCCCc1cbnc(CCCCCC)c1CCCCCC. The van der Waals surface area contributed by atoms with Gasteiger partial charge in [0.25, 0.3) is 0 Å². The first-order valence-electron chi connectivity index (χ1n) is 10.8. The van der Waals surface area contributed by atoms with Crippen molar-refractivity contribution in [3.05, 3.63) is 22.8 Å².